The zero-order chi connectivity index (χ0) is 71.3. The number of nitro groups is 2. The predicted molar refractivity (Wildman–Crippen MR) is 310 cm³/mol. The number of carboxylic acids is 2. The zero-order valence-electron chi connectivity index (χ0n) is 50.5. The summed E-state index contributed by atoms with van der Waals surface area (Å²) in [6.45, 7) is -0.00102. The van der Waals surface area contributed by atoms with E-state index in [9.17, 15) is 68.2 Å². The van der Waals surface area contributed by atoms with Crippen molar-refractivity contribution >= 4 is 71.6 Å². The number of furan rings is 5. The van der Waals surface area contributed by atoms with E-state index in [-0.39, 0.29) is 133 Å². The SMILES string of the molecule is CCc1cccc(COC(=O)c2ccc(C(=O)OCCOC(=O)c3ccc(C(=O)OC)o3)o2)c1[N+](=O)[O-].COC(=O)c1ccc(C(=O)OCCOC(=O)c2ccc(C(=O)O)o2)o1.O=COc1ccc(C(=O)O)o1.O=[N+]([O-])c1c(CO)cccc1CO.OC1CCCO1.OCCO. The first-order valence-corrected chi connectivity index (χ1v) is 27.2. The summed E-state index contributed by atoms with van der Waals surface area (Å²) >= 11 is 0. The minimum Gasteiger partial charge on any atom is -0.475 e. The molecule has 1 fully saturated rings. The number of nitro benzene ring substituents is 2. The highest BCUT2D eigenvalue weighted by Crippen LogP contribution is 2.27. The molecular weight excluding hydrogens is 1300 g/mol. The third-order valence-corrected chi connectivity index (χ3v) is 11.3. The van der Waals surface area contributed by atoms with Gasteiger partial charge in [0.2, 0.25) is 51.8 Å². The van der Waals surface area contributed by atoms with Crippen LogP contribution in [0.15, 0.2) is 119 Å². The smallest absolute Gasteiger partial charge is 0.374 e. The van der Waals surface area contributed by atoms with Crippen LogP contribution >= 0.6 is 0 Å². The first-order valence-electron chi connectivity index (χ1n) is 27.2. The van der Waals surface area contributed by atoms with Crippen molar-refractivity contribution in [3.8, 4) is 5.95 Å². The van der Waals surface area contributed by atoms with E-state index in [1.165, 1.54) is 66.7 Å². The number of esters is 7. The summed E-state index contributed by atoms with van der Waals surface area (Å²) in [7, 11) is 2.32. The number of methoxy groups -OCH3 is 2. The van der Waals surface area contributed by atoms with Crippen LogP contribution in [-0.4, -0.2) is 173 Å². The molecule has 0 amide bonds. The van der Waals surface area contributed by atoms with E-state index in [2.05, 4.69) is 18.6 Å². The third kappa shape index (κ3) is 25.6. The van der Waals surface area contributed by atoms with Gasteiger partial charge in [0.05, 0.1) is 67.2 Å². The molecule has 2 aromatic carbocycles. The summed E-state index contributed by atoms with van der Waals surface area (Å²) in [5, 5.41) is 80.3. The number of hydrogen-bond acceptors (Lipinski definition) is 33. The lowest BCUT2D eigenvalue weighted by Crippen LogP contribution is -2.13. The van der Waals surface area contributed by atoms with Gasteiger partial charge < -0.3 is 100 Å². The van der Waals surface area contributed by atoms with Crippen molar-refractivity contribution in [1.82, 2.24) is 0 Å². The molecule has 516 valence electrons. The molecule has 96 heavy (non-hydrogen) atoms. The molecule has 37 heteroatoms. The Morgan fingerprint density at radius 2 is 0.823 bits per heavy atom. The minimum atomic E-state index is -1.32. The molecule has 0 bridgehead atoms. The number of aliphatic hydroxyl groups is 5. The zero-order valence-corrected chi connectivity index (χ0v) is 50.5. The topological polar surface area (TPSA) is 547 Å². The Morgan fingerprint density at radius 1 is 0.490 bits per heavy atom. The summed E-state index contributed by atoms with van der Waals surface area (Å²) in [4.78, 5) is 133. The summed E-state index contributed by atoms with van der Waals surface area (Å²) < 4.78 is 66.7. The van der Waals surface area contributed by atoms with Crippen molar-refractivity contribution in [2.45, 2.75) is 52.3 Å². The number of ether oxygens (including phenoxy) is 9. The number of hydrogen-bond donors (Lipinski definition) is 7. The molecule has 37 nitrogen and oxygen atoms in total. The van der Waals surface area contributed by atoms with Gasteiger partial charge in [-0.2, -0.15) is 0 Å². The Hall–Kier alpha value is -11.9. The fraction of sp³-hybridized carbons (Fsp3) is 0.288. The van der Waals surface area contributed by atoms with Gasteiger partial charge in [-0.1, -0.05) is 25.1 Å². The van der Waals surface area contributed by atoms with Crippen LogP contribution in [0.5, 0.6) is 5.95 Å². The Balaban J connectivity index is 0.000000346. The number of aromatic carboxylic acids is 2. The van der Waals surface area contributed by atoms with Gasteiger partial charge >= 0.3 is 60.2 Å². The van der Waals surface area contributed by atoms with Gasteiger partial charge in [-0.25, -0.2) is 43.2 Å². The number of benzene rings is 2. The molecular formula is C59H60N2O35. The number of carboxylic acid groups (broad SMARTS) is 2. The van der Waals surface area contributed by atoms with Crippen LogP contribution < -0.4 is 4.74 Å². The number of aliphatic hydroxyl groups excluding tert-OH is 5. The highest BCUT2D eigenvalue weighted by molar-refractivity contribution is 5.93. The second-order valence-electron chi connectivity index (χ2n) is 17.7. The largest absolute Gasteiger partial charge is 0.475 e. The van der Waals surface area contributed by atoms with Gasteiger partial charge in [-0.05, 0) is 85.6 Å². The molecule has 7 aromatic rings. The fourth-order valence-corrected chi connectivity index (χ4v) is 6.99. The van der Waals surface area contributed by atoms with E-state index in [0.29, 0.717) is 12.0 Å². The van der Waals surface area contributed by atoms with E-state index in [0.717, 1.165) is 45.8 Å². The fourth-order valence-electron chi connectivity index (χ4n) is 6.99. The molecule has 0 spiro atoms. The van der Waals surface area contributed by atoms with Crippen LogP contribution in [0, 0.1) is 20.2 Å². The Morgan fingerprint density at radius 3 is 1.11 bits per heavy atom. The van der Waals surface area contributed by atoms with Crippen molar-refractivity contribution in [2.75, 3.05) is 60.5 Å². The van der Waals surface area contributed by atoms with Crippen LogP contribution in [-0.2, 0) is 68.9 Å². The number of aryl methyl sites for hydroxylation is 1. The maximum Gasteiger partial charge on any atom is 0.374 e. The molecule has 0 saturated carbocycles. The van der Waals surface area contributed by atoms with Crippen LogP contribution in [0.1, 0.15) is 137 Å². The van der Waals surface area contributed by atoms with Crippen LogP contribution in [0.4, 0.5) is 11.4 Å². The lowest BCUT2D eigenvalue weighted by Gasteiger charge is -2.07. The molecule has 8 rings (SSSR count). The number of para-hydroxylation sites is 2. The van der Waals surface area contributed by atoms with Crippen molar-refractivity contribution in [3.63, 3.8) is 0 Å². The molecule has 1 saturated heterocycles. The Bertz CT molecular complexity index is 3700. The second-order valence-corrected chi connectivity index (χ2v) is 17.7. The summed E-state index contributed by atoms with van der Waals surface area (Å²) in [6, 6.07) is 21.2. The third-order valence-electron chi connectivity index (χ3n) is 11.3. The van der Waals surface area contributed by atoms with Gasteiger partial charge in [0.25, 0.3) is 17.3 Å². The molecule has 1 aliphatic heterocycles. The molecule has 5 aromatic heterocycles. The van der Waals surface area contributed by atoms with Crippen LogP contribution in [0.2, 0.25) is 0 Å². The molecule has 0 aliphatic carbocycles. The number of nitrogens with zero attached hydrogens (tertiary/aromatic N) is 2. The maximum atomic E-state index is 12.3. The number of rotatable bonds is 25. The van der Waals surface area contributed by atoms with Gasteiger partial charge in [-0.15, -0.1) is 0 Å². The van der Waals surface area contributed by atoms with Crippen molar-refractivity contribution in [1.29, 1.82) is 0 Å². The average molecular weight is 1360 g/mol. The predicted octanol–water partition coefficient (Wildman–Crippen LogP) is 5.05. The highest BCUT2D eigenvalue weighted by Gasteiger charge is 2.25. The normalized spacial score (nSPS) is 11.5. The lowest BCUT2D eigenvalue weighted by molar-refractivity contribution is -0.386. The Kier molecular flexibility index (Phi) is 33.9. The average Bonchev–Trinajstić information content (AvgIpc) is 1.40. The Labute approximate surface area is 538 Å². The lowest BCUT2D eigenvalue weighted by atomic mass is 10.1. The molecule has 6 heterocycles. The number of carbonyl (C=O) groups excluding carboxylic acids is 8. The highest BCUT2D eigenvalue weighted by atomic mass is 16.6. The maximum absolute atomic E-state index is 12.3. The van der Waals surface area contributed by atoms with Gasteiger partial charge in [0.15, 0.2) is 6.29 Å². The summed E-state index contributed by atoms with van der Waals surface area (Å²) in [6.07, 6.45) is 1.81. The first kappa shape index (κ1) is 78.3. The van der Waals surface area contributed by atoms with Crippen molar-refractivity contribution in [2.24, 2.45) is 0 Å². The summed E-state index contributed by atoms with van der Waals surface area (Å²) in [5.74, 6) is -11.1. The van der Waals surface area contributed by atoms with Crippen LogP contribution in [0.3, 0.4) is 0 Å². The minimum absolute atomic E-state index is 0.125. The van der Waals surface area contributed by atoms with Gasteiger partial charge in [0, 0.05) is 24.7 Å². The molecule has 0 radical (unpaired) electrons. The van der Waals surface area contributed by atoms with Gasteiger partial charge in [0.1, 0.15) is 33.0 Å². The van der Waals surface area contributed by atoms with E-state index >= 15 is 0 Å². The van der Waals surface area contributed by atoms with Gasteiger partial charge in [-0.3, -0.25) is 25.0 Å². The first-order chi connectivity index (χ1) is 45.9. The molecule has 7 N–H and O–H groups in total. The van der Waals surface area contributed by atoms with Crippen molar-refractivity contribution < 1.29 is 158 Å². The molecule has 1 unspecified atom stereocenters. The standard InChI is InChI=1S/C24H21NO12.C15H12O10.C8H9NO4.C6H4O5.C4H8O2.C2H6O2/c1-3-14-5-4-6-15(20(14)25(30)31)13-35-24(29)19-10-9-18(37-19)23(28)34-12-11-33-22(27)17-8-7-16(36-17)21(26)32-2;1-21-13(18)9-4-5-11(25-9)15(20)23-7-6-22-14(19)10-3-2-8(24-10)12(16)17;10-4-6-2-1-3-7(5-11)8(6)9(12)13;7-3-10-5-2-1-4(11-5)6(8)9;5-4-2-1-3-6-4;3-1-2-4/h4-10H,3,11-13H2,1-2H3;2-5H,6-7H2,1H3,(H,16,17);1-3,10-11H,4-5H2;1-3H,(H,8,9);4-5H,1-3H2;3-4H,1-2H2. The number of carbonyl (C=O) groups is 10. The van der Waals surface area contributed by atoms with E-state index in [1.54, 1.807) is 25.1 Å². The quantitative estimate of drug-likeness (QED) is 0.00982. The molecule has 1 atom stereocenters. The van der Waals surface area contributed by atoms with E-state index < -0.39 is 88.8 Å². The van der Waals surface area contributed by atoms with E-state index in [1.807, 2.05) is 0 Å². The van der Waals surface area contributed by atoms with Crippen LogP contribution in [0.25, 0.3) is 0 Å². The van der Waals surface area contributed by atoms with Crippen molar-refractivity contribution in [3.05, 3.63) is 191 Å². The second kappa shape index (κ2) is 41.6. The monoisotopic (exact) mass is 1360 g/mol. The van der Waals surface area contributed by atoms with E-state index in [4.69, 9.17) is 81.8 Å². The summed E-state index contributed by atoms with van der Waals surface area (Å²) in [5.41, 5.74) is 0.829. The molecule has 1 aliphatic rings.